The molecule has 1 aliphatic heterocycles. The van der Waals surface area contributed by atoms with Crippen LogP contribution in [-0.2, 0) is 0 Å². The molecule has 0 atom stereocenters. The molecule has 1 N–H and O–H groups in total. The molecule has 1 fully saturated rings. The van der Waals surface area contributed by atoms with Gasteiger partial charge in [0.15, 0.2) is 5.78 Å². The van der Waals surface area contributed by atoms with Crippen molar-refractivity contribution in [2.24, 2.45) is 0 Å². The van der Waals surface area contributed by atoms with Crippen LogP contribution in [0.25, 0.3) is 6.08 Å². The van der Waals surface area contributed by atoms with Crippen LogP contribution in [0.1, 0.15) is 22.8 Å². The monoisotopic (exact) mass is 418 g/mol. The van der Waals surface area contributed by atoms with Crippen molar-refractivity contribution in [3.63, 3.8) is 0 Å². The Bertz CT molecular complexity index is 956. The number of anilines is 1. The number of likely N-dealkylation sites (N-methyl/N-ethyl adjacent to an activating group) is 1. The number of carbonyl (C=O) groups is 1. The van der Waals surface area contributed by atoms with E-state index >= 15 is 0 Å². The van der Waals surface area contributed by atoms with Crippen LogP contribution in [0.5, 0.6) is 0 Å². The van der Waals surface area contributed by atoms with E-state index in [4.69, 9.17) is 11.6 Å². The zero-order chi connectivity index (χ0) is 21.0. The Labute approximate surface area is 173 Å². The summed E-state index contributed by atoms with van der Waals surface area (Å²) in [5, 5.41) is 11.0. The minimum absolute atomic E-state index is 0.0255. The van der Waals surface area contributed by atoms with Crippen molar-refractivity contribution in [2.45, 2.75) is 6.92 Å². The first-order valence-electron chi connectivity index (χ1n) is 9.43. The molecule has 0 bridgehead atoms. The number of allylic oxidation sites excluding steroid dienone is 1. The third-order valence-corrected chi connectivity index (χ3v) is 5.46. The number of hydrogen-bond acceptors (Lipinski definition) is 4. The average Bonchev–Trinajstić information content (AvgIpc) is 2.72. The van der Waals surface area contributed by atoms with Gasteiger partial charge >= 0.3 is 0 Å². The molecule has 0 amide bonds. The molecule has 0 saturated carbocycles. The lowest BCUT2D eigenvalue weighted by Gasteiger charge is -2.33. The Morgan fingerprint density at radius 3 is 2.62 bits per heavy atom. The van der Waals surface area contributed by atoms with Gasteiger partial charge in [0.1, 0.15) is 10.8 Å². The normalized spacial score (nSPS) is 15.1. The molecule has 0 spiro atoms. The van der Waals surface area contributed by atoms with E-state index in [1.165, 1.54) is 35.3 Å². The highest BCUT2D eigenvalue weighted by atomic mass is 35.5. The predicted molar refractivity (Wildman–Crippen MR) is 111 cm³/mol. The molecule has 1 aliphatic rings. The summed E-state index contributed by atoms with van der Waals surface area (Å²) in [6.45, 7) is 6.69. The molecule has 152 valence electrons. The van der Waals surface area contributed by atoms with E-state index in [0.29, 0.717) is 11.3 Å². The maximum absolute atomic E-state index is 14.6. The highest BCUT2D eigenvalue weighted by Gasteiger charge is 2.21. The summed E-state index contributed by atoms with van der Waals surface area (Å²) in [6, 6.07) is 8.74. The number of nitro groups is 1. The van der Waals surface area contributed by atoms with Crippen molar-refractivity contribution in [1.29, 1.82) is 0 Å². The van der Waals surface area contributed by atoms with Gasteiger partial charge in [-0.2, -0.15) is 0 Å². The summed E-state index contributed by atoms with van der Waals surface area (Å²) in [7, 11) is 0. The van der Waals surface area contributed by atoms with Crippen LogP contribution >= 0.6 is 11.6 Å². The first kappa shape index (κ1) is 21.0. The first-order chi connectivity index (χ1) is 13.9. The fourth-order valence-electron chi connectivity index (χ4n) is 3.38. The van der Waals surface area contributed by atoms with Crippen molar-refractivity contribution in [3.8, 4) is 0 Å². The molecule has 8 heteroatoms. The van der Waals surface area contributed by atoms with Crippen LogP contribution in [0.15, 0.2) is 42.5 Å². The van der Waals surface area contributed by atoms with E-state index in [0.717, 1.165) is 32.7 Å². The van der Waals surface area contributed by atoms with Crippen molar-refractivity contribution in [3.05, 3.63) is 74.6 Å². The van der Waals surface area contributed by atoms with Gasteiger partial charge in [-0.25, -0.2) is 4.39 Å². The molecule has 2 aromatic rings. The number of piperazine rings is 1. The molecule has 29 heavy (non-hydrogen) atoms. The lowest BCUT2D eigenvalue weighted by Crippen LogP contribution is -3.14. The third-order valence-electron chi connectivity index (χ3n) is 5.14. The van der Waals surface area contributed by atoms with Crippen molar-refractivity contribution in [2.75, 3.05) is 37.6 Å². The van der Waals surface area contributed by atoms with Crippen molar-refractivity contribution in [1.82, 2.24) is 0 Å². The molecule has 0 aliphatic carbocycles. The molecule has 1 heterocycles. The summed E-state index contributed by atoms with van der Waals surface area (Å²) in [5.74, 6) is -0.806. The van der Waals surface area contributed by atoms with Gasteiger partial charge in [-0.3, -0.25) is 14.9 Å². The second-order valence-electron chi connectivity index (χ2n) is 6.92. The van der Waals surface area contributed by atoms with Gasteiger partial charge < -0.3 is 9.80 Å². The number of nitro benzene ring substituents is 1. The van der Waals surface area contributed by atoms with Crippen LogP contribution in [0.4, 0.5) is 15.8 Å². The summed E-state index contributed by atoms with van der Waals surface area (Å²) in [5.41, 5.74) is 0.960. The number of halogens is 2. The second kappa shape index (κ2) is 9.15. The first-order valence-corrected chi connectivity index (χ1v) is 9.81. The molecule has 2 aromatic carbocycles. The van der Waals surface area contributed by atoms with E-state index in [9.17, 15) is 19.3 Å². The van der Waals surface area contributed by atoms with Gasteiger partial charge in [-0.15, -0.1) is 0 Å². The number of nitrogens with zero attached hydrogens (tertiary/aromatic N) is 2. The number of hydrogen-bond donors (Lipinski definition) is 1. The van der Waals surface area contributed by atoms with Gasteiger partial charge in [0.2, 0.25) is 0 Å². The van der Waals surface area contributed by atoms with E-state index in [-0.39, 0.29) is 22.1 Å². The summed E-state index contributed by atoms with van der Waals surface area (Å²) in [4.78, 5) is 26.3. The van der Waals surface area contributed by atoms with Crippen molar-refractivity contribution < 1.29 is 19.0 Å². The van der Waals surface area contributed by atoms with E-state index in [2.05, 4.69) is 6.92 Å². The largest absolute Gasteiger partial charge is 0.358 e. The number of nitrogens with one attached hydrogen (secondary N) is 1. The minimum atomic E-state index is -0.586. The summed E-state index contributed by atoms with van der Waals surface area (Å²) < 4.78 is 14.6. The number of carbonyl (C=O) groups excluding carboxylic acids is 1. The van der Waals surface area contributed by atoms with Crippen LogP contribution in [0.2, 0.25) is 5.02 Å². The quantitative estimate of drug-likeness (QED) is 0.339. The standard InChI is InChI=1S/C21H21ClFN3O3/c1-2-24-9-11-25(12-10-24)19-7-5-16(14-18(19)23)21(27)8-4-15-3-6-17(22)20(13-15)26(28)29/h3-8,13-14H,2,9-12H2,1H3/p+1/b8-4+. The van der Waals surface area contributed by atoms with Crippen LogP contribution < -0.4 is 9.80 Å². The summed E-state index contributed by atoms with van der Waals surface area (Å²) >= 11 is 5.78. The van der Waals surface area contributed by atoms with Gasteiger partial charge in [0.25, 0.3) is 5.69 Å². The zero-order valence-electron chi connectivity index (χ0n) is 16.0. The molecule has 6 nitrogen and oxygen atoms in total. The van der Waals surface area contributed by atoms with Gasteiger partial charge in [-0.1, -0.05) is 23.7 Å². The van der Waals surface area contributed by atoms with Gasteiger partial charge in [-0.05, 0) is 42.8 Å². The van der Waals surface area contributed by atoms with Gasteiger partial charge in [0.05, 0.1) is 43.3 Å². The Morgan fingerprint density at radius 1 is 1.28 bits per heavy atom. The molecule has 3 rings (SSSR count). The topological polar surface area (TPSA) is 67.9 Å². The van der Waals surface area contributed by atoms with Crippen LogP contribution in [-0.4, -0.2) is 43.4 Å². The van der Waals surface area contributed by atoms with Crippen LogP contribution in [0, 0.1) is 15.9 Å². The average molecular weight is 419 g/mol. The predicted octanol–water partition coefficient (Wildman–Crippen LogP) is 3.01. The lowest BCUT2D eigenvalue weighted by atomic mass is 10.1. The zero-order valence-corrected chi connectivity index (χ0v) is 16.8. The lowest BCUT2D eigenvalue weighted by molar-refractivity contribution is -0.898. The molecule has 1 saturated heterocycles. The SMILES string of the molecule is CC[NH+]1CCN(c2ccc(C(=O)/C=C/c3ccc(Cl)c([N+](=O)[O-])c3)cc2F)CC1. The number of ketones is 1. The highest BCUT2D eigenvalue weighted by molar-refractivity contribution is 6.32. The molecule has 0 unspecified atom stereocenters. The van der Waals surface area contributed by atoms with E-state index in [1.54, 1.807) is 18.2 Å². The minimum Gasteiger partial charge on any atom is -0.358 e. The highest BCUT2D eigenvalue weighted by Crippen LogP contribution is 2.26. The maximum atomic E-state index is 14.6. The Kier molecular flexibility index (Phi) is 6.61. The van der Waals surface area contributed by atoms with Crippen LogP contribution in [0.3, 0.4) is 0 Å². The molecule has 0 radical (unpaired) electrons. The van der Waals surface area contributed by atoms with E-state index in [1.807, 2.05) is 4.90 Å². The number of quaternary nitrogens is 1. The third kappa shape index (κ3) is 4.99. The second-order valence-corrected chi connectivity index (χ2v) is 7.33. The maximum Gasteiger partial charge on any atom is 0.288 e. The van der Waals surface area contributed by atoms with Gasteiger partial charge in [0, 0.05) is 11.6 Å². The van der Waals surface area contributed by atoms with Crippen molar-refractivity contribution >= 4 is 34.8 Å². The molecular weight excluding hydrogens is 397 g/mol. The fraction of sp³-hybridized carbons (Fsp3) is 0.286. The summed E-state index contributed by atoms with van der Waals surface area (Å²) in [6.07, 6.45) is 2.72. The molecule has 0 aromatic heterocycles. The Morgan fingerprint density at radius 2 is 2.00 bits per heavy atom. The number of benzene rings is 2. The fourth-order valence-corrected chi connectivity index (χ4v) is 3.56. The Balaban J connectivity index is 1.72. The smallest absolute Gasteiger partial charge is 0.288 e. The van der Waals surface area contributed by atoms with E-state index < -0.39 is 10.7 Å². The Hall–Kier alpha value is -2.77. The molecular formula is C21H22ClFN3O3+. The number of rotatable bonds is 6.